The van der Waals surface area contributed by atoms with Crippen LogP contribution in [0.1, 0.15) is 22.6 Å². The minimum absolute atomic E-state index is 0.103. The van der Waals surface area contributed by atoms with Crippen LogP contribution >= 0.6 is 23.1 Å². The SMILES string of the molecule is C1=CC(C2N=C(c3ccccc3)N=C(c3ccccc3)N2)C2C(=C1)Sc1c(-c3ccc4c(c3)sc3cccc(-n5c6ccccc6c6ccccc65)c34)cccc12. The lowest BCUT2D eigenvalue weighted by Gasteiger charge is -2.33. The molecule has 9 aromatic rings. The predicted molar refractivity (Wildman–Crippen MR) is 241 cm³/mol. The number of allylic oxidation sites excluding steroid dienone is 3. The van der Waals surface area contributed by atoms with Gasteiger partial charge in [0, 0.05) is 58.8 Å². The average Bonchev–Trinajstić information content (AvgIpc) is 3.96. The summed E-state index contributed by atoms with van der Waals surface area (Å²) < 4.78 is 5.05. The van der Waals surface area contributed by atoms with Crippen LogP contribution in [-0.4, -0.2) is 22.4 Å². The molecule has 4 heterocycles. The number of thiophene rings is 1. The summed E-state index contributed by atoms with van der Waals surface area (Å²) in [5.74, 6) is 1.91. The first-order chi connectivity index (χ1) is 28.3. The Balaban J connectivity index is 0.945. The van der Waals surface area contributed by atoms with Crippen molar-refractivity contribution in [2.45, 2.75) is 17.0 Å². The Morgan fingerprint density at radius 1 is 0.596 bits per heavy atom. The summed E-state index contributed by atoms with van der Waals surface area (Å²) in [6.45, 7) is 0. The summed E-state index contributed by atoms with van der Waals surface area (Å²) in [5.41, 5.74) is 9.67. The number of rotatable bonds is 5. The molecule has 2 aliphatic heterocycles. The van der Waals surface area contributed by atoms with E-state index in [0.717, 1.165) is 22.8 Å². The second-order valence-electron chi connectivity index (χ2n) is 14.9. The third kappa shape index (κ3) is 5.21. The van der Waals surface area contributed by atoms with Crippen molar-refractivity contribution < 1.29 is 0 Å². The zero-order valence-electron chi connectivity index (χ0n) is 30.7. The van der Waals surface area contributed by atoms with Crippen molar-refractivity contribution in [3.05, 3.63) is 204 Å². The number of para-hydroxylation sites is 2. The first kappa shape index (κ1) is 32.7. The van der Waals surface area contributed by atoms with Gasteiger partial charge in [-0.2, -0.15) is 0 Å². The van der Waals surface area contributed by atoms with Crippen molar-refractivity contribution in [1.29, 1.82) is 0 Å². The number of hydrogen-bond donors (Lipinski definition) is 1. The molecule has 0 fully saturated rings. The Morgan fingerprint density at radius 2 is 1.32 bits per heavy atom. The molecule has 3 aliphatic rings. The van der Waals surface area contributed by atoms with Gasteiger partial charge in [0.2, 0.25) is 0 Å². The van der Waals surface area contributed by atoms with Crippen molar-refractivity contribution in [3.8, 4) is 16.8 Å². The van der Waals surface area contributed by atoms with E-state index in [-0.39, 0.29) is 18.0 Å². The molecule has 57 heavy (non-hydrogen) atoms. The van der Waals surface area contributed by atoms with Gasteiger partial charge in [-0.25, -0.2) is 9.98 Å². The Kier molecular flexibility index (Phi) is 7.50. The van der Waals surface area contributed by atoms with Crippen LogP contribution in [0, 0.1) is 5.92 Å². The number of fused-ring (bicyclic) bond motifs is 9. The van der Waals surface area contributed by atoms with Crippen LogP contribution in [0.5, 0.6) is 0 Å². The largest absolute Gasteiger partial charge is 0.347 e. The molecule has 0 saturated carbocycles. The fraction of sp³-hybridized carbons (Fsp3) is 0.0588. The Labute approximate surface area is 338 Å². The Bertz CT molecular complexity index is 3150. The zero-order valence-corrected chi connectivity index (χ0v) is 32.3. The zero-order chi connectivity index (χ0) is 37.5. The lowest BCUT2D eigenvalue weighted by atomic mass is 9.80. The number of aliphatic imine (C=N–C) groups is 2. The molecule has 3 atom stereocenters. The molecule has 2 aromatic heterocycles. The quantitative estimate of drug-likeness (QED) is 0.190. The highest BCUT2D eigenvalue weighted by Gasteiger charge is 2.41. The van der Waals surface area contributed by atoms with Crippen LogP contribution in [0.25, 0.3) is 58.8 Å². The summed E-state index contributed by atoms with van der Waals surface area (Å²) in [7, 11) is 0. The molecule has 270 valence electrons. The van der Waals surface area contributed by atoms with Gasteiger partial charge in [-0.15, -0.1) is 11.3 Å². The molecule has 0 saturated heterocycles. The van der Waals surface area contributed by atoms with Gasteiger partial charge in [0.25, 0.3) is 0 Å². The first-order valence-corrected chi connectivity index (χ1v) is 21.1. The molecule has 6 heteroatoms. The molecule has 4 nitrogen and oxygen atoms in total. The number of aromatic nitrogens is 1. The van der Waals surface area contributed by atoms with Crippen molar-refractivity contribution >= 4 is 76.7 Å². The lowest BCUT2D eigenvalue weighted by Crippen LogP contribution is -2.44. The molecule has 0 spiro atoms. The second-order valence-corrected chi connectivity index (χ2v) is 17.1. The van der Waals surface area contributed by atoms with Gasteiger partial charge in [-0.1, -0.05) is 163 Å². The standard InChI is InChI=1S/C51H34N4S2/c1-3-14-31(15-4-1)49-52-50(32-16-5-2-6-17-32)54-51(53-49)39-22-12-26-43-46(39)38-21-11-20-34(48(38)57-43)33-28-29-37-45(30-33)56-44-27-13-25-42(47(37)44)55-40-23-9-7-18-35(40)36-19-8-10-24-41(36)55/h1-30,39,46,51H,(H,52,53,54). The summed E-state index contributed by atoms with van der Waals surface area (Å²) in [4.78, 5) is 13.1. The van der Waals surface area contributed by atoms with Crippen LogP contribution < -0.4 is 5.32 Å². The topological polar surface area (TPSA) is 41.7 Å². The van der Waals surface area contributed by atoms with E-state index in [1.807, 2.05) is 35.2 Å². The van der Waals surface area contributed by atoms with E-state index in [1.54, 1.807) is 0 Å². The van der Waals surface area contributed by atoms with Gasteiger partial charge in [-0.05, 0) is 51.9 Å². The molecular formula is C51H34N4S2. The predicted octanol–water partition coefficient (Wildman–Crippen LogP) is 12.9. The summed E-state index contributed by atoms with van der Waals surface area (Å²) >= 11 is 3.81. The maximum absolute atomic E-state index is 5.31. The van der Waals surface area contributed by atoms with E-state index >= 15 is 0 Å². The van der Waals surface area contributed by atoms with E-state index in [4.69, 9.17) is 9.98 Å². The fourth-order valence-corrected chi connectivity index (χ4v) is 11.7. The van der Waals surface area contributed by atoms with Gasteiger partial charge in [-0.3, -0.25) is 0 Å². The van der Waals surface area contributed by atoms with Crippen LogP contribution in [0.4, 0.5) is 0 Å². The minimum Gasteiger partial charge on any atom is -0.347 e. The highest BCUT2D eigenvalue weighted by Crippen LogP contribution is 2.57. The normalized spacial score (nSPS) is 18.7. The molecule has 1 aliphatic carbocycles. The van der Waals surface area contributed by atoms with E-state index in [0.29, 0.717) is 0 Å². The lowest BCUT2D eigenvalue weighted by molar-refractivity contribution is 0.433. The molecule has 0 radical (unpaired) electrons. The van der Waals surface area contributed by atoms with E-state index in [9.17, 15) is 0 Å². The Hall–Kier alpha value is -6.47. The van der Waals surface area contributed by atoms with Gasteiger partial charge < -0.3 is 9.88 Å². The fourth-order valence-electron chi connectivity index (χ4n) is 9.15. The van der Waals surface area contributed by atoms with Crippen molar-refractivity contribution in [2.75, 3.05) is 0 Å². The summed E-state index contributed by atoms with van der Waals surface area (Å²) in [6.07, 6.45) is 6.68. The summed E-state index contributed by atoms with van der Waals surface area (Å²) in [5, 5.41) is 8.93. The first-order valence-electron chi connectivity index (χ1n) is 19.4. The number of nitrogens with one attached hydrogen (secondary N) is 1. The van der Waals surface area contributed by atoms with E-state index in [1.165, 1.54) is 74.2 Å². The van der Waals surface area contributed by atoms with Crippen LogP contribution in [0.15, 0.2) is 202 Å². The highest BCUT2D eigenvalue weighted by atomic mass is 32.2. The van der Waals surface area contributed by atoms with E-state index < -0.39 is 0 Å². The molecule has 1 N–H and O–H groups in total. The molecule has 12 rings (SSSR count). The van der Waals surface area contributed by atoms with Crippen LogP contribution in [-0.2, 0) is 0 Å². The molecule has 7 aromatic carbocycles. The molecule has 0 amide bonds. The Morgan fingerprint density at radius 3 is 2.11 bits per heavy atom. The third-order valence-corrected chi connectivity index (χ3v) is 14.1. The number of thioether (sulfide) groups is 1. The van der Waals surface area contributed by atoms with Gasteiger partial charge in [0.05, 0.1) is 16.7 Å². The maximum atomic E-state index is 5.31. The number of nitrogens with zero attached hydrogens (tertiary/aromatic N) is 3. The third-order valence-electron chi connectivity index (χ3n) is 11.7. The summed E-state index contributed by atoms with van der Waals surface area (Å²) in [6, 6.07) is 59.0. The van der Waals surface area contributed by atoms with Crippen molar-refractivity contribution in [2.24, 2.45) is 15.9 Å². The van der Waals surface area contributed by atoms with Crippen molar-refractivity contribution in [1.82, 2.24) is 9.88 Å². The van der Waals surface area contributed by atoms with Gasteiger partial charge in [0.1, 0.15) is 12.0 Å². The second kappa shape index (κ2) is 13.1. The van der Waals surface area contributed by atoms with Crippen LogP contribution in [0.2, 0.25) is 0 Å². The minimum atomic E-state index is -0.188. The molecular weight excluding hydrogens is 733 g/mol. The number of amidine groups is 2. The van der Waals surface area contributed by atoms with E-state index in [2.05, 4.69) is 180 Å². The maximum Gasteiger partial charge on any atom is 0.159 e. The highest BCUT2D eigenvalue weighted by molar-refractivity contribution is 8.03. The van der Waals surface area contributed by atoms with Gasteiger partial charge in [0.15, 0.2) is 5.84 Å². The number of hydrogen-bond acceptors (Lipinski definition) is 5. The average molecular weight is 767 g/mol. The smallest absolute Gasteiger partial charge is 0.159 e. The monoisotopic (exact) mass is 766 g/mol. The number of benzene rings is 7. The van der Waals surface area contributed by atoms with Crippen molar-refractivity contribution in [3.63, 3.8) is 0 Å². The molecule has 0 bridgehead atoms. The van der Waals surface area contributed by atoms with Gasteiger partial charge >= 0.3 is 0 Å². The molecule has 3 unspecified atom stereocenters. The van der Waals surface area contributed by atoms with Crippen LogP contribution in [0.3, 0.4) is 0 Å².